The summed E-state index contributed by atoms with van der Waals surface area (Å²) in [7, 11) is 0. The van der Waals surface area contributed by atoms with Crippen molar-refractivity contribution in [2.24, 2.45) is 0 Å². The van der Waals surface area contributed by atoms with Gasteiger partial charge in [0.1, 0.15) is 0 Å². The Morgan fingerprint density at radius 3 is 1.74 bits per heavy atom. The van der Waals surface area contributed by atoms with Crippen LogP contribution in [0.15, 0.2) is 133 Å². The van der Waals surface area contributed by atoms with Crippen LogP contribution < -0.4 is 0 Å². The lowest BCUT2D eigenvalue weighted by molar-refractivity contribution is 1.41. The maximum atomic E-state index is 5.25. The molecule has 0 aliphatic rings. The van der Waals surface area contributed by atoms with Gasteiger partial charge in [0.25, 0.3) is 0 Å². The first-order chi connectivity index (χ1) is 18.8. The average Bonchev–Trinajstić information content (AvgIpc) is 2.99. The van der Waals surface area contributed by atoms with E-state index in [1.165, 1.54) is 32.7 Å². The number of nitrogens with zero attached hydrogens (tertiary/aromatic N) is 2. The lowest BCUT2D eigenvalue weighted by Gasteiger charge is -2.16. The van der Waals surface area contributed by atoms with Crippen molar-refractivity contribution in [1.29, 1.82) is 0 Å². The Balaban J connectivity index is 1.47. The van der Waals surface area contributed by atoms with Gasteiger partial charge in [0.15, 0.2) is 0 Å². The third kappa shape index (κ3) is 3.14. The van der Waals surface area contributed by atoms with Crippen molar-refractivity contribution in [3.8, 4) is 22.4 Å². The zero-order valence-electron chi connectivity index (χ0n) is 20.6. The largest absolute Gasteiger partial charge is 0.247 e. The Kier molecular flexibility index (Phi) is 4.55. The average molecular weight is 483 g/mol. The number of fused-ring (bicyclic) bond motifs is 7. The summed E-state index contributed by atoms with van der Waals surface area (Å²) in [6.07, 6.45) is 0. The minimum atomic E-state index is 0.972. The quantitative estimate of drug-likeness (QED) is 0.181. The summed E-state index contributed by atoms with van der Waals surface area (Å²) in [5, 5.41) is 8.20. The maximum absolute atomic E-state index is 5.25. The number of benzene rings is 6. The van der Waals surface area contributed by atoms with Crippen molar-refractivity contribution >= 4 is 54.3 Å². The van der Waals surface area contributed by atoms with Gasteiger partial charge in [0.05, 0.1) is 22.2 Å². The predicted octanol–water partition coefficient (Wildman–Crippen LogP) is 9.58. The molecule has 0 saturated carbocycles. The van der Waals surface area contributed by atoms with Crippen molar-refractivity contribution in [1.82, 2.24) is 9.97 Å². The summed E-state index contributed by atoms with van der Waals surface area (Å²) in [6, 6.07) is 47.2. The van der Waals surface area contributed by atoms with Crippen LogP contribution in [-0.2, 0) is 0 Å². The highest BCUT2D eigenvalue weighted by molar-refractivity contribution is 6.18. The number of pyridine rings is 2. The molecule has 0 aliphatic heterocycles. The Bertz CT molecular complexity index is 2190. The van der Waals surface area contributed by atoms with Gasteiger partial charge in [-0.2, -0.15) is 0 Å². The third-order valence-electron chi connectivity index (χ3n) is 7.63. The highest BCUT2D eigenvalue weighted by Crippen LogP contribution is 2.41. The molecule has 2 aromatic heterocycles. The Hall–Kier alpha value is -5.08. The fourth-order valence-electron chi connectivity index (χ4n) is 5.85. The van der Waals surface area contributed by atoms with Crippen LogP contribution in [-0.4, -0.2) is 9.97 Å². The van der Waals surface area contributed by atoms with E-state index in [0.717, 1.165) is 44.0 Å². The predicted molar refractivity (Wildman–Crippen MR) is 160 cm³/mol. The maximum Gasteiger partial charge on any atom is 0.0794 e. The molecule has 0 radical (unpaired) electrons. The molecule has 6 aromatic carbocycles. The van der Waals surface area contributed by atoms with Crippen molar-refractivity contribution in [3.63, 3.8) is 0 Å². The molecule has 176 valence electrons. The first kappa shape index (κ1) is 21.0. The van der Waals surface area contributed by atoms with Gasteiger partial charge in [0, 0.05) is 38.1 Å². The molecule has 0 atom stereocenters. The second kappa shape index (κ2) is 8.22. The zero-order valence-corrected chi connectivity index (χ0v) is 20.6. The van der Waals surface area contributed by atoms with E-state index in [1.807, 2.05) is 0 Å². The molecular weight excluding hydrogens is 460 g/mol. The van der Waals surface area contributed by atoms with Gasteiger partial charge in [-0.3, -0.25) is 0 Å². The van der Waals surface area contributed by atoms with Crippen molar-refractivity contribution < 1.29 is 0 Å². The molecule has 0 fully saturated rings. The molecular formula is C36H22N2. The molecule has 8 rings (SSSR count). The molecule has 0 aliphatic carbocycles. The van der Waals surface area contributed by atoms with Gasteiger partial charge < -0.3 is 0 Å². The molecule has 2 nitrogen and oxygen atoms in total. The summed E-state index contributed by atoms with van der Waals surface area (Å²) in [5.74, 6) is 0. The SMILES string of the molecule is c1ccc(-c2c3ccccc3nc3c2ccc2ccccc23)c(-c2ccc3ccc4ccccc4c3n2)c1. The number of rotatable bonds is 2. The van der Waals surface area contributed by atoms with E-state index in [-0.39, 0.29) is 0 Å². The summed E-state index contributed by atoms with van der Waals surface area (Å²) in [6.45, 7) is 0. The minimum absolute atomic E-state index is 0.972. The van der Waals surface area contributed by atoms with E-state index in [0.29, 0.717) is 0 Å². The lowest BCUT2D eigenvalue weighted by Crippen LogP contribution is -1.94. The van der Waals surface area contributed by atoms with E-state index in [2.05, 4.69) is 133 Å². The highest BCUT2D eigenvalue weighted by atomic mass is 14.7. The van der Waals surface area contributed by atoms with E-state index >= 15 is 0 Å². The molecule has 38 heavy (non-hydrogen) atoms. The molecule has 0 saturated heterocycles. The Morgan fingerprint density at radius 1 is 0.342 bits per heavy atom. The van der Waals surface area contributed by atoms with Crippen molar-refractivity contribution in [2.45, 2.75) is 0 Å². The van der Waals surface area contributed by atoms with E-state index in [4.69, 9.17) is 9.97 Å². The van der Waals surface area contributed by atoms with Gasteiger partial charge in [-0.05, 0) is 28.5 Å². The Morgan fingerprint density at radius 2 is 0.921 bits per heavy atom. The minimum Gasteiger partial charge on any atom is -0.247 e. The monoisotopic (exact) mass is 482 g/mol. The highest BCUT2D eigenvalue weighted by Gasteiger charge is 2.17. The number of hydrogen-bond acceptors (Lipinski definition) is 2. The van der Waals surface area contributed by atoms with Crippen LogP contribution >= 0.6 is 0 Å². The van der Waals surface area contributed by atoms with Crippen LogP contribution in [0.5, 0.6) is 0 Å². The molecule has 0 unspecified atom stereocenters. The second-order valence-electron chi connectivity index (χ2n) is 9.79. The normalized spacial score (nSPS) is 11.7. The van der Waals surface area contributed by atoms with Crippen LogP contribution in [0.25, 0.3) is 76.6 Å². The molecule has 0 N–H and O–H groups in total. The summed E-state index contributed by atoms with van der Waals surface area (Å²) >= 11 is 0. The zero-order chi connectivity index (χ0) is 25.1. The number of aromatic nitrogens is 2. The van der Waals surface area contributed by atoms with Crippen molar-refractivity contribution in [3.05, 3.63) is 133 Å². The molecule has 8 aromatic rings. The Labute approximate surface area is 219 Å². The topological polar surface area (TPSA) is 25.8 Å². The fourth-order valence-corrected chi connectivity index (χ4v) is 5.85. The summed E-state index contributed by atoms with van der Waals surface area (Å²) < 4.78 is 0. The van der Waals surface area contributed by atoms with E-state index in [9.17, 15) is 0 Å². The van der Waals surface area contributed by atoms with E-state index < -0.39 is 0 Å². The molecule has 0 spiro atoms. The molecule has 0 amide bonds. The van der Waals surface area contributed by atoms with Crippen molar-refractivity contribution in [2.75, 3.05) is 0 Å². The molecule has 2 heterocycles. The fraction of sp³-hybridized carbons (Fsp3) is 0. The van der Waals surface area contributed by atoms with Gasteiger partial charge in [0.2, 0.25) is 0 Å². The molecule has 2 heteroatoms. The summed E-state index contributed by atoms with van der Waals surface area (Å²) in [5.41, 5.74) is 7.52. The van der Waals surface area contributed by atoms with Crippen LogP contribution in [0, 0.1) is 0 Å². The van der Waals surface area contributed by atoms with Gasteiger partial charge >= 0.3 is 0 Å². The standard InChI is InChI=1S/C36H22N2/c1-3-11-26-23(9-1)17-18-25-20-22-33(37-35(25)26)28-13-5-6-14-29(28)34-30-15-7-8-16-32(30)38-36-27-12-4-2-10-24(27)19-21-31(34)36/h1-22H. The number of hydrogen-bond donors (Lipinski definition) is 0. The van der Waals surface area contributed by atoms with Gasteiger partial charge in [-0.15, -0.1) is 0 Å². The van der Waals surface area contributed by atoms with E-state index in [1.54, 1.807) is 0 Å². The molecule has 0 bridgehead atoms. The van der Waals surface area contributed by atoms with Gasteiger partial charge in [-0.25, -0.2) is 9.97 Å². The van der Waals surface area contributed by atoms with Crippen LogP contribution in [0.4, 0.5) is 0 Å². The lowest BCUT2D eigenvalue weighted by atomic mass is 9.90. The number of para-hydroxylation sites is 1. The van der Waals surface area contributed by atoms with Gasteiger partial charge in [-0.1, -0.05) is 121 Å². The first-order valence-electron chi connectivity index (χ1n) is 12.9. The van der Waals surface area contributed by atoms with Crippen LogP contribution in [0.3, 0.4) is 0 Å². The van der Waals surface area contributed by atoms with Crippen LogP contribution in [0.2, 0.25) is 0 Å². The first-order valence-corrected chi connectivity index (χ1v) is 12.9. The second-order valence-corrected chi connectivity index (χ2v) is 9.79. The smallest absolute Gasteiger partial charge is 0.0794 e. The van der Waals surface area contributed by atoms with Crippen LogP contribution in [0.1, 0.15) is 0 Å². The summed E-state index contributed by atoms with van der Waals surface area (Å²) in [4.78, 5) is 10.4. The third-order valence-corrected chi connectivity index (χ3v) is 7.63.